The molecule has 113 valence electrons. The molecule has 0 saturated heterocycles. The molecule has 0 saturated carbocycles. The Morgan fingerprint density at radius 3 is 2.05 bits per heavy atom. The van der Waals surface area contributed by atoms with Crippen LogP contribution in [0.5, 0.6) is 0 Å². The molecule has 2 aromatic carbocycles. The Kier molecular flexibility index (Phi) is 4.91. The van der Waals surface area contributed by atoms with Gasteiger partial charge in [-0.3, -0.25) is 0 Å². The molecule has 3 rings (SSSR count). The Hall–Kier alpha value is -0.647. The summed E-state index contributed by atoms with van der Waals surface area (Å²) in [5.41, 5.74) is 3.07. The van der Waals surface area contributed by atoms with Gasteiger partial charge >= 0.3 is 143 Å². The van der Waals surface area contributed by atoms with E-state index in [0.29, 0.717) is 0 Å². The monoisotopic (exact) mass is 387 g/mol. The predicted molar refractivity (Wildman–Crippen MR) is 93.3 cm³/mol. The summed E-state index contributed by atoms with van der Waals surface area (Å²) in [6.07, 6.45) is 2.43. The first-order chi connectivity index (χ1) is 9.82. The van der Waals surface area contributed by atoms with Crippen molar-refractivity contribution in [3.05, 3.63) is 70.1 Å². The fourth-order valence-electron chi connectivity index (χ4n) is 3.06. The third-order valence-electron chi connectivity index (χ3n) is 4.54. The summed E-state index contributed by atoms with van der Waals surface area (Å²) in [7, 11) is 0. The van der Waals surface area contributed by atoms with E-state index in [1.54, 1.807) is 0 Å². The molecule has 1 atom stereocenters. The molecule has 0 N–H and O–H groups in total. The van der Waals surface area contributed by atoms with Gasteiger partial charge in [-0.1, -0.05) is 0 Å². The van der Waals surface area contributed by atoms with Crippen molar-refractivity contribution in [2.45, 2.75) is 38.5 Å². The van der Waals surface area contributed by atoms with Crippen molar-refractivity contribution in [1.29, 1.82) is 0 Å². The predicted octanol–water partition coefficient (Wildman–Crippen LogP) is 3.81. The smallest absolute Gasteiger partial charge is 0.147 e. The van der Waals surface area contributed by atoms with E-state index in [9.17, 15) is 0 Å². The van der Waals surface area contributed by atoms with Gasteiger partial charge in [0.05, 0.1) is 0 Å². The Bertz CT molecular complexity index is 797. The van der Waals surface area contributed by atoms with Crippen LogP contribution in [-0.4, -0.2) is 0 Å². The van der Waals surface area contributed by atoms with Crippen LogP contribution in [0.4, 0.5) is 0 Å². The summed E-state index contributed by atoms with van der Waals surface area (Å²) in [5.74, 6) is 0. The summed E-state index contributed by atoms with van der Waals surface area (Å²) in [6.45, 7) is 9.15. The molecule has 1 aliphatic rings. The zero-order chi connectivity index (χ0) is 15.3. The molecule has 2 aromatic rings. The Balaban J connectivity index is 0.00000176. The second-order valence-electron chi connectivity index (χ2n) is 7.14. The minimum Gasteiger partial charge on any atom is -0.147 e. The van der Waals surface area contributed by atoms with Crippen LogP contribution in [-0.2, 0) is 35.5 Å². The SMILES string of the molecule is CC(C)(C)c1ccc(C2(C)C=c3ccccc3=[C]2[Zr])cc1.Cl. The molecule has 0 nitrogen and oxygen atoms in total. The molecule has 0 spiro atoms. The van der Waals surface area contributed by atoms with Crippen molar-refractivity contribution in [1.82, 2.24) is 0 Å². The third-order valence-corrected chi connectivity index (χ3v) is 6.48. The van der Waals surface area contributed by atoms with E-state index in [1.165, 1.54) is 49.6 Å². The minimum absolute atomic E-state index is 0. The van der Waals surface area contributed by atoms with Gasteiger partial charge in [0.25, 0.3) is 0 Å². The van der Waals surface area contributed by atoms with Gasteiger partial charge < -0.3 is 0 Å². The number of benzene rings is 2. The molecule has 0 amide bonds. The first-order valence-electron chi connectivity index (χ1n) is 7.48. The molecule has 1 unspecified atom stereocenters. The van der Waals surface area contributed by atoms with Crippen LogP contribution in [0.1, 0.15) is 38.8 Å². The quantitative estimate of drug-likeness (QED) is 0.696. The molecule has 0 radical (unpaired) electrons. The fourth-order valence-corrected chi connectivity index (χ4v) is 4.15. The summed E-state index contributed by atoms with van der Waals surface area (Å²) in [4.78, 5) is 0. The molecule has 22 heavy (non-hydrogen) atoms. The largest absolute Gasteiger partial charge is 0.147 e. The molecular formula is C20H22ClZr. The molecule has 0 fully saturated rings. The molecule has 0 bridgehead atoms. The maximum Gasteiger partial charge on any atom is -0.147 e. The van der Waals surface area contributed by atoms with E-state index in [-0.39, 0.29) is 23.2 Å². The van der Waals surface area contributed by atoms with Gasteiger partial charge in [0.1, 0.15) is 0 Å². The average molecular weight is 389 g/mol. The summed E-state index contributed by atoms with van der Waals surface area (Å²) < 4.78 is 1.54. The van der Waals surface area contributed by atoms with Crippen molar-refractivity contribution in [2.75, 3.05) is 0 Å². The average Bonchev–Trinajstić information content (AvgIpc) is 2.72. The van der Waals surface area contributed by atoms with E-state index in [4.69, 9.17) is 0 Å². The van der Waals surface area contributed by atoms with Crippen LogP contribution >= 0.6 is 12.4 Å². The molecule has 2 heteroatoms. The van der Waals surface area contributed by atoms with E-state index in [2.05, 4.69) is 82.3 Å². The first-order valence-corrected chi connectivity index (χ1v) is 8.71. The second-order valence-corrected chi connectivity index (χ2v) is 8.37. The number of fused-ring (bicyclic) bond motifs is 1. The molecule has 0 heterocycles. The van der Waals surface area contributed by atoms with Crippen molar-refractivity contribution >= 4 is 21.8 Å². The zero-order valence-corrected chi connectivity index (χ0v) is 16.9. The number of halogens is 1. The van der Waals surface area contributed by atoms with Crippen LogP contribution in [0.25, 0.3) is 9.36 Å². The van der Waals surface area contributed by atoms with E-state index < -0.39 is 0 Å². The van der Waals surface area contributed by atoms with Crippen LogP contribution in [0.15, 0.2) is 48.5 Å². The second kappa shape index (κ2) is 6.10. The van der Waals surface area contributed by atoms with Gasteiger partial charge in [0, 0.05) is 0 Å². The number of rotatable bonds is 1. The Morgan fingerprint density at radius 1 is 0.909 bits per heavy atom. The van der Waals surface area contributed by atoms with Crippen molar-refractivity contribution in [2.24, 2.45) is 0 Å². The van der Waals surface area contributed by atoms with E-state index in [0.717, 1.165) is 0 Å². The number of hydrogen-bond donors (Lipinski definition) is 0. The zero-order valence-electron chi connectivity index (χ0n) is 13.6. The van der Waals surface area contributed by atoms with Crippen LogP contribution in [0.2, 0.25) is 0 Å². The van der Waals surface area contributed by atoms with Crippen LogP contribution in [0.3, 0.4) is 0 Å². The fraction of sp³-hybridized carbons (Fsp3) is 0.300. The van der Waals surface area contributed by atoms with Crippen LogP contribution in [0, 0.1) is 0 Å². The summed E-state index contributed by atoms with van der Waals surface area (Å²) in [6, 6.07) is 18.0. The van der Waals surface area contributed by atoms with Crippen LogP contribution < -0.4 is 10.4 Å². The maximum absolute atomic E-state index is 2.43. The standard InChI is InChI=1S/C20H21.ClH.Zr/c1-19(2,3)17-9-11-18(12-10-17)20(4)13-15-7-5-6-8-16(15)14-20;;/h5-13H,1-4H3;1H;. The van der Waals surface area contributed by atoms with Gasteiger partial charge in [0.15, 0.2) is 0 Å². The van der Waals surface area contributed by atoms with Gasteiger partial charge in [-0.25, -0.2) is 0 Å². The Morgan fingerprint density at radius 2 is 1.50 bits per heavy atom. The third kappa shape index (κ3) is 2.91. The normalized spacial score (nSPS) is 20.0. The van der Waals surface area contributed by atoms with Crippen molar-refractivity contribution in [3.63, 3.8) is 0 Å². The summed E-state index contributed by atoms with van der Waals surface area (Å²) >= 11 is 1.51. The molecular weight excluding hydrogens is 367 g/mol. The summed E-state index contributed by atoms with van der Waals surface area (Å²) in [5, 5.41) is 2.81. The van der Waals surface area contributed by atoms with Gasteiger partial charge in [-0.15, -0.1) is 12.4 Å². The molecule has 1 aliphatic carbocycles. The van der Waals surface area contributed by atoms with Gasteiger partial charge in [-0.05, 0) is 0 Å². The first kappa shape index (κ1) is 17.7. The van der Waals surface area contributed by atoms with Crippen molar-refractivity contribution in [3.8, 4) is 0 Å². The maximum atomic E-state index is 2.43. The van der Waals surface area contributed by atoms with E-state index >= 15 is 0 Å². The van der Waals surface area contributed by atoms with Gasteiger partial charge in [0.2, 0.25) is 0 Å². The topological polar surface area (TPSA) is 0 Å². The van der Waals surface area contributed by atoms with Gasteiger partial charge in [-0.2, -0.15) is 0 Å². The van der Waals surface area contributed by atoms with E-state index in [1.807, 2.05) is 0 Å². The van der Waals surface area contributed by atoms with Crippen molar-refractivity contribution < 1.29 is 24.7 Å². The molecule has 0 aromatic heterocycles. The Labute approximate surface area is 154 Å². The number of hydrogen-bond acceptors (Lipinski definition) is 0. The minimum atomic E-state index is 0. The molecule has 0 aliphatic heterocycles.